The van der Waals surface area contributed by atoms with Crippen LogP contribution in [0.2, 0.25) is 0 Å². The molecule has 6 nitrogen and oxygen atoms in total. The van der Waals surface area contributed by atoms with Gasteiger partial charge in [0.25, 0.3) is 0 Å². The highest BCUT2D eigenvalue weighted by molar-refractivity contribution is 5.94. The lowest BCUT2D eigenvalue weighted by molar-refractivity contribution is -0.141. The van der Waals surface area contributed by atoms with Crippen molar-refractivity contribution < 1.29 is 13.2 Å². The van der Waals surface area contributed by atoms with Gasteiger partial charge in [-0.05, 0) is 25.5 Å². The van der Waals surface area contributed by atoms with Gasteiger partial charge in [0.05, 0.1) is 5.69 Å². The maximum absolute atomic E-state index is 12.8. The number of alkyl halides is 3. The van der Waals surface area contributed by atoms with Gasteiger partial charge in [-0.1, -0.05) is 0 Å². The van der Waals surface area contributed by atoms with Crippen molar-refractivity contribution in [3.05, 3.63) is 17.3 Å². The van der Waals surface area contributed by atoms with E-state index in [4.69, 9.17) is 11.5 Å². The zero-order valence-corrected chi connectivity index (χ0v) is 11.7. The molecule has 3 rings (SSSR count). The molecule has 2 unspecified atom stereocenters. The Balaban J connectivity index is 1.94. The summed E-state index contributed by atoms with van der Waals surface area (Å²) in [6, 6.07) is 0.918. The van der Waals surface area contributed by atoms with Crippen LogP contribution in [-0.4, -0.2) is 30.1 Å². The van der Waals surface area contributed by atoms with Gasteiger partial charge in [-0.15, -0.1) is 0 Å². The Hall–Kier alpha value is -1.87. The molecule has 3 heterocycles. The quantitative estimate of drug-likeness (QED) is 0.623. The van der Waals surface area contributed by atoms with Crippen LogP contribution in [-0.2, 0) is 6.18 Å². The van der Waals surface area contributed by atoms with E-state index in [0.717, 1.165) is 25.5 Å². The second-order valence-corrected chi connectivity index (χ2v) is 5.61. The molecule has 0 aromatic carbocycles. The van der Waals surface area contributed by atoms with E-state index >= 15 is 0 Å². The number of anilines is 2. The maximum Gasteiger partial charge on any atom is 0.433 e. The summed E-state index contributed by atoms with van der Waals surface area (Å²) in [6.07, 6.45) is -1.37. The Bertz CT molecular complexity index is 609. The highest BCUT2D eigenvalue weighted by Crippen LogP contribution is 2.36. The molecule has 1 aromatic rings. The van der Waals surface area contributed by atoms with Crippen molar-refractivity contribution in [1.82, 2.24) is 10.3 Å². The first-order valence-corrected chi connectivity index (χ1v) is 7.00. The maximum atomic E-state index is 12.8. The van der Waals surface area contributed by atoms with Crippen molar-refractivity contribution in [3.8, 4) is 0 Å². The predicted molar refractivity (Wildman–Crippen MR) is 77.4 cm³/mol. The standard InChI is InChI=1S/C13H17F3N6/c14-12(15,16)9-4-7-5-20-13(18,8-2-1-3-19-6-8)22-10(7)11(17)21-9/h4-5,8,19,22H,1-3,6,18H2,(H2,17,21). The summed E-state index contributed by atoms with van der Waals surface area (Å²) in [5, 5.41) is 6.21. The molecule has 0 radical (unpaired) electrons. The summed E-state index contributed by atoms with van der Waals surface area (Å²) >= 11 is 0. The molecule has 1 saturated heterocycles. The van der Waals surface area contributed by atoms with Crippen molar-refractivity contribution in [2.75, 3.05) is 24.1 Å². The van der Waals surface area contributed by atoms with Gasteiger partial charge in [-0.2, -0.15) is 13.2 Å². The number of hydrogen-bond donors (Lipinski definition) is 4. The fourth-order valence-electron chi connectivity index (χ4n) is 2.81. The third-order valence-electron chi connectivity index (χ3n) is 4.03. The minimum Gasteiger partial charge on any atom is -0.382 e. The first kappa shape index (κ1) is 15.0. The van der Waals surface area contributed by atoms with Crippen LogP contribution in [0.15, 0.2) is 11.1 Å². The number of fused-ring (bicyclic) bond motifs is 1. The van der Waals surface area contributed by atoms with E-state index < -0.39 is 17.7 Å². The van der Waals surface area contributed by atoms with Gasteiger partial charge in [0.15, 0.2) is 5.79 Å². The van der Waals surface area contributed by atoms with Gasteiger partial charge in [0.1, 0.15) is 11.5 Å². The van der Waals surface area contributed by atoms with Crippen LogP contribution in [0, 0.1) is 5.92 Å². The molecule has 1 aromatic heterocycles. The van der Waals surface area contributed by atoms with E-state index in [1.807, 2.05) is 0 Å². The van der Waals surface area contributed by atoms with Crippen LogP contribution in [0.3, 0.4) is 0 Å². The molecular weight excluding hydrogens is 297 g/mol. The number of halogens is 3. The topological polar surface area (TPSA) is 101 Å². The Kier molecular flexibility index (Phi) is 3.48. The molecule has 6 N–H and O–H groups in total. The van der Waals surface area contributed by atoms with Gasteiger partial charge in [-0.25, -0.2) is 9.98 Å². The Morgan fingerprint density at radius 1 is 1.36 bits per heavy atom. The van der Waals surface area contributed by atoms with Gasteiger partial charge in [-0.3, -0.25) is 5.73 Å². The Labute approximate surface area is 125 Å². The van der Waals surface area contributed by atoms with E-state index in [-0.39, 0.29) is 17.3 Å². The molecule has 9 heteroatoms. The SMILES string of the molecule is Nc1nc(C(F)(F)F)cc2c1NC(N)(C1CCCNC1)N=C2. The van der Waals surface area contributed by atoms with E-state index in [1.165, 1.54) is 6.21 Å². The lowest BCUT2D eigenvalue weighted by Crippen LogP contribution is -2.58. The smallest absolute Gasteiger partial charge is 0.382 e. The van der Waals surface area contributed by atoms with Crippen LogP contribution in [0.25, 0.3) is 0 Å². The Morgan fingerprint density at radius 2 is 2.14 bits per heavy atom. The van der Waals surface area contributed by atoms with Crippen molar-refractivity contribution >= 4 is 17.7 Å². The molecule has 0 amide bonds. The normalized spacial score (nSPS) is 28.1. The van der Waals surface area contributed by atoms with E-state index in [2.05, 4.69) is 20.6 Å². The van der Waals surface area contributed by atoms with E-state index in [1.54, 1.807) is 0 Å². The summed E-state index contributed by atoms with van der Waals surface area (Å²) < 4.78 is 38.3. The summed E-state index contributed by atoms with van der Waals surface area (Å²) in [4.78, 5) is 7.67. The molecule has 2 aliphatic heterocycles. The van der Waals surface area contributed by atoms with Crippen molar-refractivity contribution in [3.63, 3.8) is 0 Å². The van der Waals surface area contributed by atoms with Crippen LogP contribution in [0.4, 0.5) is 24.7 Å². The number of nitrogens with two attached hydrogens (primary N) is 2. The molecule has 0 aliphatic carbocycles. The van der Waals surface area contributed by atoms with Gasteiger partial charge in [0, 0.05) is 24.2 Å². The number of nitrogens with zero attached hydrogens (tertiary/aromatic N) is 2. The van der Waals surface area contributed by atoms with Crippen molar-refractivity contribution in [1.29, 1.82) is 0 Å². The molecule has 1 fully saturated rings. The third kappa shape index (κ3) is 2.61. The Morgan fingerprint density at radius 3 is 2.77 bits per heavy atom. The van der Waals surface area contributed by atoms with Crippen molar-refractivity contribution in [2.24, 2.45) is 16.6 Å². The number of aliphatic imine (C=N–C) groups is 1. The monoisotopic (exact) mass is 314 g/mol. The van der Waals surface area contributed by atoms with Gasteiger partial charge >= 0.3 is 6.18 Å². The second-order valence-electron chi connectivity index (χ2n) is 5.61. The minimum atomic E-state index is -4.55. The molecule has 0 spiro atoms. The molecule has 120 valence electrons. The number of nitrogen functional groups attached to an aromatic ring is 1. The van der Waals surface area contributed by atoms with Crippen LogP contribution in [0.5, 0.6) is 0 Å². The number of pyridine rings is 1. The first-order chi connectivity index (χ1) is 10.3. The number of hydrogen-bond acceptors (Lipinski definition) is 6. The summed E-state index contributed by atoms with van der Waals surface area (Å²) in [6.45, 7) is 1.61. The molecule has 2 atom stereocenters. The molecule has 2 aliphatic rings. The zero-order chi connectivity index (χ0) is 16.0. The zero-order valence-electron chi connectivity index (χ0n) is 11.7. The van der Waals surface area contributed by atoms with E-state index in [9.17, 15) is 13.2 Å². The molecule has 22 heavy (non-hydrogen) atoms. The van der Waals surface area contributed by atoms with Crippen LogP contribution >= 0.6 is 0 Å². The average Bonchev–Trinajstić information content (AvgIpc) is 2.48. The molecular formula is C13H17F3N6. The number of nitrogens with one attached hydrogen (secondary N) is 2. The summed E-state index contributed by atoms with van der Waals surface area (Å²) in [5.74, 6) is -1.29. The highest BCUT2D eigenvalue weighted by atomic mass is 19.4. The summed E-state index contributed by atoms with van der Waals surface area (Å²) in [7, 11) is 0. The lowest BCUT2D eigenvalue weighted by atomic mass is 9.91. The fraction of sp³-hybridized carbons (Fsp3) is 0.538. The van der Waals surface area contributed by atoms with Crippen LogP contribution < -0.4 is 22.1 Å². The number of rotatable bonds is 1. The third-order valence-corrected chi connectivity index (χ3v) is 4.03. The number of piperidine rings is 1. The number of aromatic nitrogens is 1. The van der Waals surface area contributed by atoms with Gasteiger partial charge < -0.3 is 16.4 Å². The average molecular weight is 314 g/mol. The minimum absolute atomic E-state index is 0.0207. The molecule has 0 saturated carbocycles. The van der Waals surface area contributed by atoms with Crippen LogP contribution in [0.1, 0.15) is 24.1 Å². The van der Waals surface area contributed by atoms with E-state index in [0.29, 0.717) is 12.2 Å². The largest absolute Gasteiger partial charge is 0.433 e. The first-order valence-electron chi connectivity index (χ1n) is 7.00. The predicted octanol–water partition coefficient (Wildman–Crippen LogP) is 1.14. The fourth-order valence-corrected chi connectivity index (χ4v) is 2.81. The second kappa shape index (κ2) is 5.10. The lowest BCUT2D eigenvalue weighted by Gasteiger charge is -2.40. The highest BCUT2D eigenvalue weighted by Gasteiger charge is 2.40. The van der Waals surface area contributed by atoms with Crippen molar-refractivity contribution in [2.45, 2.75) is 24.8 Å². The molecule has 0 bridgehead atoms. The van der Waals surface area contributed by atoms with Gasteiger partial charge in [0.2, 0.25) is 0 Å². The summed E-state index contributed by atoms with van der Waals surface area (Å²) in [5.41, 5.74) is 11.5.